The Morgan fingerprint density at radius 1 is 1.17 bits per heavy atom. The number of hydrogen-bond acceptors (Lipinski definition) is 6. The van der Waals surface area contributed by atoms with Crippen LogP contribution in [0.15, 0.2) is 30.5 Å². The quantitative estimate of drug-likeness (QED) is 0.662. The lowest BCUT2D eigenvalue weighted by Gasteiger charge is -2.32. The minimum Gasteiger partial charge on any atom is -0.495 e. The van der Waals surface area contributed by atoms with Crippen molar-refractivity contribution in [2.75, 3.05) is 57.6 Å². The summed E-state index contributed by atoms with van der Waals surface area (Å²) in [6.07, 6.45) is 1.65. The number of aliphatic hydroxyl groups is 1. The van der Waals surface area contributed by atoms with Gasteiger partial charge in [-0.3, -0.25) is 14.8 Å². The highest BCUT2D eigenvalue weighted by Crippen LogP contribution is 2.26. The molecule has 1 aliphatic rings. The number of likely N-dealkylation sites (N-methyl/N-ethyl adjacent to an activating group) is 1. The zero-order valence-electron chi connectivity index (χ0n) is 16.6. The summed E-state index contributed by atoms with van der Waals surface area (Å²) >= 11 is 0. The van der Waals surface area contributed by atoms with Crippen molar-refractivity contribution in [2.24, 2.45) is 0 Å². The van der Waals surface area contributed by atoms with Crippen LogP contribution in [0.3, 0.4) is 0 Å². The summed E-state index contributed by atoms with van der Waals surface area (Å²) in [6, 6.07) is 6.08. The SMILES string of the molecule is COc1ccc(C(=O)N2CCN(C)CC2)cc1NC(=O)Nc1ccn(CCO)n1. The topological polar surface area (TPSA) is 112 Å². The van der Waals surface area contributed by atoms with Crippen molar-refractivity contribution in [3.63, 3.8) is 0 Å². The van der Waals surface area contributed by atoms with Gasteiger partial charge in [0, 0.05) is 44.0 Å². The van der Waals surface area contributed by atoms with Crippen LogP contribution < -0.4 is 15.4 Å². The van der Waals surface area contributed by atoms with Crippen LogP contribution in [0.4, 0.5) is 16.3 Å². The van der Waals surface area contributed by atoms with E-state index < -0.39 is 6.03 Å². The van der Waals surface area contributed by atoms with Crippen molar-refractivity contribution in [1.29, 1.82) is 0 Å². The van der Waals surface area contributed by atoms with E-state index in [0.717, 1.165) is 13.1 Å². The molecule has 10 nitrogen and oxygen atoms in total. The number of anilines is 2. The van der Waals surface area contributed by atoms with E-state index in [0.29, 0.717) is 42.5 Å². The Bertz CT molecular complexity index is 860. The van der Waals surface area contributed by atoms with Gasteiger partial charge in [-0.25, -0.2) is 4.79 Å². The fraction of sp³-hybridized carbons (Fsp3) is 0.421. The lowest BCUT2D eigenvalue weighted by Crippen LogP contribution is -2.47. The molecule has 1 aliphatic heterocycles. The number of nitrogens with one attached hydrogen (secondary N) is 2. The molecular weight excluding hydrogens is 376 g/mol. The number of methoxy groups -OCH3 is 1. The average molecular weight is 402 g/mol. The Labute approximate surface area is 169 Å². The first-order valence-corrected chi connectivity index (χ1v) is 9.38. The number of nitrogens with zero attached hydrogens (tertiary/aromatic N) is 4. The number of carbonyl (C=O) groups is 2. The van der Waals surface area contributed by atoms with E-state index in [9.17, 15) is 9.59 Å². The molecule has 2 aromatic rings. The number of hydrogen-bond donors (Lipinski definition) is 3. The zero-order valence-corrected chi connectivity index (χ0v) is 16.6. The molecule has 3 N–H and O–H groups in total. The zero-order chi connectivity index (χ0) is 20.8. The van der Waals surface area contributed by atoms with Gasteiger partial charge >= 0.3 is 6.03 Å². The number of aliphatic hydroxyl groups excluding tert-OH is 1. The van der Waals surface area contributed by atoms with E-state index in [1.165, 1.54) is 11.8 Å². The number of ether oxygens (including phenoxy) is 1. The van der Waals surface area contributed by atoms with Crippen LogP contribution in [-0.2, 0) is 6.54 Å². The fourth-order valence-corrected chi connectivity index (χ4v) is 3.06. The fourth-order valence-electron chi connectivity index (χ4n) is 3.06. The number of rotatable bonds is 6. The third-order valence-electron chi connectivity index (χ3n) is 4.70. The third-order valence-corrected chi connectivity index (χ3v) is 4.70. The maximum atomic E-state index is 12.8. The van der Waals surface area contributed by atoms with Crippen molar-refractivity contribution in [3.05, 3.63) is 36.0 Å². The van der Waals surface area contributed by atoms with E-state index in [1.807, 2.05) is 7.05 Å². The molecule has 0 saturated carbocycles. The summed E-state index contributed by atoms with van der Waals surface area (Å²) in [4.78, 5) is 29.1. The number of aromatic nitrogens is 2. The molecule has 3 rings (SSSR count). The first kappa shape index (κ1) is 20.6. The molecule has 0 spiro atoms. The van der Waals surface area contributed by atoms with Crippen LogP contribution in [0.25, 0.3) is 0 Å². The summed E-state index contributed by atoms with van der Waals surface area (Å²) in [5.74, 6) is 0.715. The maximum absolute atomic E-state index is 12.8. The summed E-state index contributed by atoms with van der Waals surface area (Å²) in [5, 5.41) is 18.4. The number of benzene rings is 1. The van der Waals surface area contributed by atoms with Gasteiger partial charge in [-0.05, 0) is 25.2 Å². The predicted molar refractivity (Wildman–Crippen MR) is 108 cm³/mol. The van der Waals surface area contributed by atoms with Gasteiger partial charge in [-0.2, -0.15) is 5.10 Å². The molecule has 156 valence electrons. The van der Waals surface area contributed by atoms with E-state index in [2.05, 4.69) is 20.6 Å². The van der Waals surface area contributed by atoms with Crippen molar-refractivity contribution in [2.45, 2.75) is 6.54 Å². The van der Waals surface area contributed by atoms with Gasteiger partial charge < -0.3 is 25.0 Å². The molecule has 29 heavy (non-hydrogen) atoms. The highest BCUT2D eigenvalue weighted by atomic mass is 16.5. The maximum Gasteiger partial charge on any atom is 0.325 e. The van der Waals surface area contributed by atoms with Gasteiger partial charge in [0.05, 0.1) is 25.9 Å². The Morgan fingerprint density at radius 3 is 2.62 bits per heavy atom. The second-order valence-electron chi connectivity index (χ2n) is 6.78. The number of amides is 3. The van der Waals surface area contributed by atoms with Gasteiger partial charge in [0.15, 0.2) is 5.82 Å². The van der Waals surface area contributed by atoms with Crippen LogP contribution in [0.5, 0.6) is 5.75 Å². The van der Waals surface area contributed by atoms with Gasteiger partial charge in [0.1, 0.15) is 5.75 Å². The van der Waals surface area contributed by atoms with Crippen LogP contribution in [0, 0.1) is 0 Å². The van der Waals surface area contributed by atoms with Crippen LogP contribution in [-0.4, -0.2) is 83.6 Å². The molecule has 0 unspecified atom stereocenters. The molecule has 0 radical (unpaired) electrons. The lowest BCUT2D eigenvalue weighted by molar-refractivity contribution is 0.0664. The molecule has 3 amide bonds. The second kappa shape index (κ2) is 9.39. The third kappa shape index (κ3) is 5.24. The Balaban J connectivity index is 1.69. The highest BCUT2D eigenvalue weighted by molar-refractivity contribution is 6.02. The van der Waals surface area contributed by atoms with Crippen molar-refractivity contribution in [1.82, 2.24) is 19.6 Å². The van der Waals surface area contributed by atoms with Crippen molar-refractivity contribution >= 4 is 23.4 Å². The molecule has 1 fully saturated rings. The first-order valence-electron chi connectivity index (χ1n) is 9.38. The number of carbonyl (C=O) groups excluding carboxylic acids is 2. The number of piperazine rings is 1. The monoisotopic (exact) mass is 402 g/mol. The van der Waals surface area contributed by atoms with Gasteiger partial charge in [0.25, 0.3) is 5.91 Å². The molecule has 1 aromatic heterocycles. The minimum absolute atomic E-state index is 0.0430. The predicted octanol–water partition coefficient (Wildman–Crippen LogP) is 0.916. The van der Waals surface area contributed by atoms with Crippen molar-refractivity contribution in [3.8, 4) is 5.75 Å². The van der Waals surface area contributed by atoms with Crippen LogP contribution in [0.2, 0.25) is 0 Å². The summed E-state index contributed by atoms with van der Waals surface area (Å²) < 4.78 is 6.82. The minimum atomic E-state index is -0.512. The van der Waals surface area contributed by atoms with E-state index in [4.69, 9.17) is 9.84 Å². The molecule has 2 heterocycles. The number of urea groups is 1. The Kier molecular flexibility index (Phi) is 6.68. The molecule has 1 saturated heterocycles. The van der Waals surface area contributed by atoms with E-state index in [1.54, 1.807) is 35.4 Å². The second-order valence-corrected chi connectivity index (χ2v) is 6.78. The average Bonchev–Trinajstić information content (AvgIpc) is 3.15. The van der Waals surface area contributed by atoms with Crippen LogP contribution in [0.1, 0.15) is 10.4 Å². The van der Waals surface area contributed by atoms with Gasteiger partial charge in [-0.15, -0.1) is 0 Å². The Hall–Kier alpha value is -3.11. The van der Waals surface area contributed by atoms with E-state index in [-0.39, 0.29) is 12.5 Å². The largest absolute Gasteiger partial charge is 0.495 e. The Morgan fingerprint density at radius 2 is 1.93 bits per heavy atom. The van der Waals surface area contributed by atoms with E-state index >= 15 is 0 Å². The van der Waals surface area contributed by atoms with Crippen LogP contribution >= 0.6 is 0 Å². The highest BCUT2D eigenvalue weighted by Gasteiger charge is 2.21. The van der Waals surface area contributed by atoms with Crippen molar-refractivity contribution < 1.29 is 19.4 Å². The molecule has 10 heteroatoms. The lowest BCUT2D eigenvalue weighted by atomic mass is 10.1. The smallest absolute Gasteiger partial charge is 0.325 e. The normalized spacial score (nSPS) is 14.5. The summed E-state index contributed by atoms with van der Waals surface area (Å²) in [5.41, 5.74) is 0.873. The molecule has 1 aromatic carbocycles. The summed E-state index contributed by atoms with van der Waals surface area (Å²) in [7, 11) is 3.53. The molecule has 0 aliphatic carbocycles. The standard InChI is InChI=1S/C19H26N6O4/c1-23-7-9-24(10-8-23)18(27)14-3-4-16(29-2)15(13-14)20-19(28)21-17-5-6-25(22-17)11-12-26/h3-6,13,26H,7-12H2,1-2H3,(H2,20,21,22,28). The molecule has 0 atom stereocenters. The van der Waals surface area contributed by atoms with Gasteiger partial charge in [0.2, 0.25) is 0 Å². The van der Waals surface area contributed by atoms with Gasteiger partial charge in [-0.1, -0.05) is 0 Å². The first-order chi connectivity index (χ1) is 14.0. The molecular formula is C19H26N6O4. The summed E-state index contributed by atoms with van der Waals surface area (Å²) in [6.45, 7) is 3.30. The molecule has 0 bridgehead atoms.